The maximum Gasteiger partial charge on any atom is 0.329 e. The predicted molar refractivity (Wildman–Crippen MR) is 68.9 cm³/mol. The molecule has 1 aromatic heterocycles. The van der Waals surface area contributed by atoms with Crippen molar-refractivity contribution >= 4 is 11.8 Å². The number of rotatable bonds is 5. The highest BCUT2D eigenvalue weighted by Crippen LogP contribution is 2.19. The van der Waals surface area contributed by atoms with Gasteiger partial charge in [-0.25, -0.2) is 9.78 Å². The molecule has 0 bridgehead atoms. The molecule has 0 unspecified atom stereocenters. The zero-order valence-electron chi connectivity index (χ0n) is 11.2. The van der Waals surface area contributed by atoms with Crippen LogP contribution in [0.1, 0.15) is 27.7 Å². The molecule has 0 saturated carbocycles. The van der Waals surface area contributed by atoms with E-state index in [1.54, 1.807) is 27.0 Å². The van der Waals surface area contributed by atoms with Crippen molar-refractivity contribution in [1.82, 2.24) is 9.55 Å². The number of nitrogens with zero attached hydrogens (tertiary/aromatic N) is 3. The maximum absolute atomic E-state index is 12.1. The number of carbonyl (C=O) groups is 1. The van der Waals surface area contributed by atoms with Gasteiger partial charge in [-0.2, -0.15) is 0 Å². The predicted octanol–water partition coefficient (Wildman–Crippen LogP) is 0.953. The van der Waals surface area contributed by atoms with Crippen molar-refractivity contribution in [3.63, 3.8) is 0 Å². The molecule has 0 spiro atoms. The number of aryl methyl sites for hydroxylation is 1. The van der Waals surface area contributed by atoms with Crippen molar-refractivity contribution in [2.45, 2.75) is 39.8 Å². The lowest BCUT2D eigenvalue weighted by molar-refractivity contribution is -0.142. The van der Waals surface area contributed by atoms with Gasteiger partial charge in [-0.05, 0) is 27.7 Å². The van der Waals surface area contributed by atoms with Gasteiger partial charge in [0.15, 0.2) is 5.82 Å². The molecule has 0 amide bonds. The Kier molecular flexibility index (Phi) is 4.11. The van der Waals surface area contributed by atoms with Crippen molar-refractivity contribution in [3.05, 3.63) is 22.7 Å². The second-order valence-electron chi connectivity index (χ2n) is 4.45. The van der Waals surface area contributed by atoms with Gasteiger partial charge in [0.25, 0.3) is 5.56 Å². The van der Waals surface area contributed by atoms with Gasteiger partial charge in [0.05, 0.1) is 0 Å². The van der Waals surface area contributed by atoms with Crippen LogP contribution in [0.4, 0.5) is 5.82 Å². The third-order valence-corrected chi connectivity index (χ3v) is 3.01. The van der Waals surface area contributed by atoms with Gasteiger partial charge >= 0.3 is 5.97 Å². The minimum atomic E-state index is -1.17. The Labute approximate surface area is 106 Å². The topological polar surface area (TPSA) is 75.4 Å². The molecular formula is C12H19N3O3. The molecule has 0 aromatic carbocycles. The molecular weight excluding hydrogens is 234 g/mol. The molecule has 0 atom stereocenters. The largest absolute Gasteiger partial charge is 0.480 e. The van der Waals surface area contributed by atoms with Crippen molar-refractivity contribution in [1.29, 1.82) is 0 Å². The number of carboxylic acid groups (broad SMARTS) is 1. The summed E-state index contributed by atoms with van der Waals surface area (Å²) >= 11 is 0. The highest BCUT2D eigenvalue weighted by atomic mass is 16.4. The Morgan fingerprint density at radius 1 is 1.50 bits per heavy atom. The molecule has 6 nitrogen and oxygen atoms in total. The van der Waals surface area contributed by atoms with E-state index in [2.05, 4.69) is 4.98 Å². The fourth-order valence-corrected chi connectivity index (χ4v) is 1.80. The molecule has 0 aliphatic carbocycles. The molecule has 6 heteroatoms. The van der Waals surface area contributed by atoms with Crippen molar-refractivity contribution in [2.24, 2.45) is 0 Å². The number of aromatic nitrogens is 2. The second-order valence-corrected chi connectivity index (χ2v) is 4.45. The molecule has 0 fully saturated rings. The average Bonchev–Trinajstić information content (AvgIpc) is 2.31. The van der Waals surface area contributed by atoms with Crippen LogP contribution in [0.15, 0.2) is 17.2 Å². The van der Waals surface area contributed by atoms with E-state index >= 15 is 0 Å². The lowest BCUT2D eigenvalue weighted by Gasteiger charge is -2.34. The van der Waals surface area contributed by atoms with E-state index in [1.165, 1.54) is 15.7 Å². The van der Waals surface area contributed by atoms with Gasteiger partial charge in [-0.15, -0.1) is 0 Å². The molecule has 1 heterocycles. The summed E-state index contributed by atoms with van der Waals surface area (Å²) in [6.07, 6.45) is 3.11. The fraction of sp³-hybridized carbons (Fsp3) is 0.583. The van der Waals surface area contributed by atoms with Crippen LogP contribution >= 0.6 is 0 Å². The molecule has 0 saturated heterocycles. The second kappa shape index (κ2) is 5.20. The number of anilines is 1. The molecule has 1 N–H and O–H groups in total. The Bertz CT molecular complexity index is 494. The SMILES string of the molecule is CCN(c1nccn(CC)c1=O)C(C)(C)C(=O)O. The Morgan fingerprint density at radius 2 is 2.11 bits per heavy atom. The van der Waals surface area contributed by atoms with Gasteiger partial charge in [-0.3, -0.25) is 4.79 Å². The first kappa shape index (κ1) is 14.2. The number of likely N-dealkylation sites (N-methyl/N-ethyl adjacent to an activating group) is 1. The summed E-state index contributed by atoms with van der Waals surface area (Å²) in [4.78, 5) is 29.0. The Morgan fingerprint density at radius 3 is 2.56 bits per heavy atom. The minimum absolute atomic E-state index is 0.175. The summed E-state index contributed by atoms with van der Waals surface area (Å²) < 4.78 is 1.50. The average molecular weight is 253 g/mol. The summed E-state index contributed by atoms with van der Waals surface area (Å²) in [5.41, 5.74) is -1.44. The van der Waals surface area contributed by atoms with Crippen LogP contribution in [-0.2, 0) is 11.3 Å². The van der Waals surface area contributed by atoms with Crippen molar-refractivity contribution in [3.8, 4) is 0 Å². The summed E-state index contributed by atoms with van der Waals surface area (Å²) in [6.45, 7) is 7.69. The smallest absolute Gasteiger partial charge is 0.329 e. The fourth-order valence-electron chi connectivity index (χ4n) is 1.80. The molecule has 0 aliphatic rings. The Hall–Kier alpha value is -1.85. The quantitative estimate of drug-likeness (QED) is 0.845. The first-order valence-electron chi connectivity index (χ1n) is 5.92. The molecule has 100 valence electrons. The Balaban J connectivity index is 3.35. The van der Waals surface area contributed by atoms with Crippen molar-refractivity contribution < 1.29 is 9.90 Å². The third kappa shape index (κ3) is 2.37. The highest BCUT2D eigenvalue weighted by molar-refractivity contribution is 5.82. The number of aliphatic carboxylic acids is 1. The normalized spacial score (nSPS) is 11.3. The zero-order chi connectivity index (χ0) is 13.9. The van der Waals surface area contributed by atoms with E-state index in [0.717, 1.165) is 0 Å². The zero-order valence-corrected chi connectivity index (χ0v) is 11.2. The third-order valence-electron chi connectivity index (χ3n) is 3.01. The summed E-state index contributed by atoms with van der Waals surface area (Å²) in [7, 11) is 0. The number of carboxylic acids is 1. The summed E-state index contributed by atoms with van der Waals surface area (Å²) in [5, 5.41) is 9.24. The number of hydrogen-bond donors (Lipinski definition) is 1. The van der Waals surface area contributed by atoms with E-state index in [-0.39, 0.29) is 11.4 Å². The van der Waals surface area contributed by atoms with E-state index in [1.807, 2.05) is 6.92 Å². The van der Waals surface area contributed by atoms with Crippen LogP contribution in [0, 0.1) is 0 Å². The number of hydrogen-bond acceptors (Lipinski definition) is 4. The van der Waals surface area contributed by atoms with Crippen LogP contribution in [0.25, 0.3) is 0 Å². The van der Waals surface area contributed by atoms with Crippen molar-refractivity contribution in [2.75, 3.05) is 11.4 Å². The van der Waals surface area contributed by atoms with Crippen LogP contribution in [0.3, 0.4) is 0 Å². The molecule has 0 aliphatic heterocycles. The molecule has 1 aromatic rings. The standard InChI is InChI=1S/C12H19N3O3/c1-5-14-8-7-13-9(10(14)16)15(6-2)12(3,4)11(17)18/h7-8H,5-6H2,1-4H3,(H,17,18). The molecule has 0 radical (unpaired) electrons. The van der Waals surface area contributed by atoms with E-state index in [9.17, 15) is 14.7 Å². The van der Waals surface area contributed by atoms with Gasteiger partial charge in [0, 0.05) is 25.5 Å². The molecule has 1 rings (SSSR count). The first-order chi connectivity index (χ1) is 8.36. The van der Waals surface area contributed by atoms with E-state index in [4.69, 9.17) is 0 Å². The minimum Gasteiger partial charge on any atom is -0.480 e. The van der Waals surface area contributed by atoms with Gasteiger partial charge in [-0.1, -0.05) is 0 Å². The van der Waals surface area contributed by atoms with Crippen LogP contribution in [-0.4, -0.2) is 32.7 Å². The lowest BCUT2D eigenvalue weighted by atomic mass is 10.0. The maximum atomic E-state index is 12.1. The van der Waals surface area contributed by atoms with Gasteiger partial charge in [0.2, 0.25) is 0 Å². The highest BCUT2D eigenvalue weighted by Gasteiger charge is 2.36. The van der Waals surface area contributed by atoms with Crippen LogP contribution < -0.4 is 10.5 Å². The van der Waals surface area contributed by atoms with Gasteiger partial charge < -0.3 is 14.6 Å². The monoisotopic (exact) mass is 253 g/mol. The first-order valence-corrected chi connectivity index (χ1v) is 5.92. The van der Waals surface area contributed by atoms with Crippen LogP contribution in [0.2, 0.25) is 0 Å². The van der Waals surface area contributed by atoms with Gasteiger partial charge in [0.1, 0.15) is 5.54 Å². The van der Waals surface area contributed by atoms with E-state index in [0.29, 0.717) is 13.1 Å². The lowest BCUT2D eigenvalue weighted by Crippen LogP contribution is -2.52. The summed E-state index contributed by atoms with van der Waals surface area (Å²) in [5.74, 6) is -0.813. The van der Waals surface area contributed by atoms with Crippen LogP contribution in [0.5, 0.6) is 0 Å². The molecule has 18 heavy (non-hydrogen) atoms. The van der Waals surface area contributed by atoms with E-state index < -0.39 is 11.5 Å². The summed E-state index contributed by atoms with van der Waals surface area (Å²) in [6, 6.07) is 0.